The van der Waals surface area contributed by atoms with Crippen LogP contribution >= 0.6 is 0 Å². The van der Waals surface area contributed by atoms with Crippen molar-refractivity contribution in [1.29, 1.82) is 0 Å². The van der Waals surface area contributed by atoms with E-state index in [1.165, 1.54) is 45.6 Å². The molecule has 0 bridgehead atoms. The number of hydrogen-bond acceptors (Lipinski definition) is 3. The van der Waals surface area contributed by atoms with Crippen molar-refractivity contribution in [3.05, 3.63) is 0 Å². The first-order valence-electron chi connectivity index (χ1n) is 7.52. The third-order valence-electron chi connectivity index (χ3n) is 4.67. The van der Waals surface area contributed by atoms with Gasteiger partial charge in [0, 0.05) is 6.04 Å². The molecule has 0 radical (unpaired) electrons. The van der Waals surface area contributed by atoms with Gasteiger partial charge in [0.1, 0.15) is 5.54 Å². The summed E-state index contributed by atoms with van der Waals surface area (Å²) >= 11 is 0. The van der Waals surface area contributed by atoms with Gasteiger partial charge in [-0.2, -0.15) is 0 Å². The van der Waals surface area contributed by atoms with Crippen LogP contribution in [0.4, 0.5) is 0 Å². The van der Waals surface area contributed by atoms with Gasteiger partial charge >= 0.3 is 5.97 Å². The molecule has 0 heterocycles. The van der Waals surface area contributed by atoms with E-state index < -0.39 is 0 Å². The molecule has 104 valence electrons. The fourth-order valence-electron chi connectivity index (χ4n) is 3.68. The number of methoxy groups -OCH3 is 1. The third kappa shape index (κ3) is 3.05. The van der Waals surface area contributed by atoms with Gasteiger partial charge in [-0.1, -0.05) is 32.6 Å². The van der Waals surface area contributed by atoms with Crippen LogP contribution in [-0.2, 0) is 9.53 Å². The first-order chi connectivity index (χ1) is 8.66. The van der Waals surface area contributed by atoms with E-state index in [1.54, 1.807) is 0 Å². The Kier molecular flexibility index (Phi) is 4.66. The minimum atomic E-state index is -0.386. The second-order valence-corrected chi connectivity index (χ2v) is 6.25. The van der Waals surface area contributed by atoms with Crippen molar-refractivity contribution in [2.24, 2.45) is 5.92 Å². The molecule has 2 unspecified atom stereocenters. The number of ether oxygens (including phenoxy) is 1. The molecule has 2 saturated carbocycles. The van der Waals surface area contributed by atoms with E-state index in [9.17, 15) is 4.79 Å². The highest BCUT2D eigenvalue weighted by Crippen LogP contribution is 2.36. The Hall–Kier alpha value is -0.570. The number of carbonyl (C=O) groups is 1. The second-order valence-electron chi connectivity index (χ2n) is 6.25. The molecule has 0 spiro atoms. The van der Waals surface area contributed by atoms with Crippen molar-refractivity contribution in [2.45, 2.75) is 76.3 Å². The lowest BCUT2D eigenvalue weighted by Crippen LogP contribution is -2.54. The summed E-state index contributed by atoms with van der Waals surface area (Å²) in [6.07, 6.45) is 10.7. The maximum atomic E-state index is 12.2. The second kappa shape index (κ2) is 6.05. The number of hydrogen-bond donors (Lipinski definition) is 1. The normalized spacial score (nSPS) is 34.2. The highest BCUT2D eigenvalue weighted by atomic mass is 16.5. The monoisotopic (exact) mass is 253 g/mol. The van der Waals surface area contributed by atoms with Crippen molar-refractivity contribution < 1.29 is 9.53 Å². The summed E-state index contributed by atoms with van der Waals surface area (Å²) in [6, 6.07) is 0.511. The predicted molar refractivity (Wildman–Crippen MR) is 72.4 cm³/mol. The lowest BCUT2D eigenvalue weighted by atomic mass is 9.93. The average molecular weight is 253 g/mol. The smallest absolute Gasteiger partial charge is 0.326 e. The predicted octanol–water partition coefficient (Wildman–Crippen LogP) is 3.03. The zero-order chi connectivity index (χ0) is 13.0. The van der Waals surface area contributed by atoms with Crippen LogP contribution in [-0.4, -0.2) is 24.7 Å². The van der Waals surface area contributed by atoms with Gasteiger partial charge < -0.3 is 4.74 Å². The van der Waals surface area contributed by atoms with E-state index in [0.29, 0.717) is 12.0 Å². The average Bonchev–Trinajstić information content (AvgIpc) is 2.59. The Labute approximate surface area is 111 Å². The molecule has 2 rings (SSSR count). The minimum Gasteiger partial charge on any atom is -0.468 e. The molecular weight excluding hydrogens is 226 g/mol. The highest BCUT2D eigenvalue weighted by molar-refractivity contribution is 5.81. The Bertz CT molecular complexity index is 284. The molecule has 3 nitrogen and oxygen atoms in total. The summed E-state index contributed by atoms with van der Waals surface area (Å²) < 4.78 is 5.06. The Morgan fingerprint density at radius 2 is 1.83 bits per heavy atom. The Balaban J connectivity index is 2.02. The van der Waals surface area contributed by atoms with Crippen LogP contribution in [0.1, 0.15) is 64.7 Å². The zero-order valence-corrected chi connectivity index (χ0v) is 11.8. The van der Waals surface area contributed by atoms with Crippen molar-refractivity contribution >= 4 is 5.97 Å². The van der Waals surface area contributed by atoms with Crippen LogP contribution in [0.5, 0.6) is 0 Å². The molecule has 3 heteroatoms. The fraction of sp³-hybridized carbons (Fsp3) is 0.933. The standard InChI is InChI=1S/C15H27NO2/c1-12-9-10-15(11-12,14(17)18-2)16-13-7-5-3-4-6-8-13/h12-13,16H,3-11H2,1-2H3. The van der Waals surface area contributed by atoms with Gasteiger partial charge in [0.15, 0.2) is 0 Å². The quantitative estimate of drug-likeness (QED) is 0.620. The topological polar surface area (TPSA) is 38.3 Å². The van der Waals surface area contributed by atoms with Gasteiger partial charge in [0.25, 0.3) is 0 Å². The fourth-order valence-corrected chi connectivity index (χ4v) is 3.68. The molecule has 0 aromatic rings. The van der Waals surface area contributed by atoms with Crippen LogP contribution < -0.4 is 5.32 Å². The van der Waals surface area contributed by atoms with Gasteiger partial charge in [-0.05, 0) is 38.0 Å². The number of rotatable bonds is 3. The lowest BCUT2D eigenvalue weighted by molar-refractivity contribution is -0.149. The van der Waals surface area contributed by atoms with E-state index in [1.807, 2.05) is 0 Å². The van der Waals surface area contributed by atoms with E-state index in [4.69, 9.17) is 4.74 Å². The largest absolute Gasteiger partial charge is 0.468 e. The number of nitrogens with one attached hydrogen (secondary N) is 1. The lowest BCUT2D eigenvalue weighted by Gasteiger charge is -2.32. The van der Waals surface area contributed by atoms with Crippen molar-refractivity contribution in [3.63, 3.8) is 0 Å². The van der Waals surface area contributed by atoms with Crippen molar-refractivity contribution in [1.82, 2.24) is 5.32 Å². The van der Waals surface area contributed by atoms with Crippen LogP contribution in [0, 0.1) is 5.92 Å². The van der Waals surface area contributed by atoms with Crippen molar-refractivity contribution in [2.75, 3.05) is 7.11 Å². The first-order valence-corrected chi connectivity index (χ1v) is 7.52. The van der Waals surface area contributed by atoms with Crippen LogP contribution in [0.25, 0.3) is 0 Å². The van der Waals surface area contributed by atoms with Gasteiger partial charge in [0.2, 0.25) is 0 Å². The molecule has 0 amide bonds. The van der Waals surface area contributed by atoms with Gasteiger partial charge in [-0.3, -0.25) is 10.1 Å². The summed E-state index contributed by atoms with van der Waals surface area (Å²) in [6.45, 7) is 2.24. The molecular formula is C15H27NO2. The van der Waals surface area contributed by atoms with E-state index in [0.717, 1.165) is 19.3 Å². The molecule has 2 fully saturated rings. The number of esters is 1. The Morgan fingerprint density at radius 1 is 1.17 bits per heavy atom. The highest BCUT2D eigenvalue weighted by Gasteiger charge is 2.45. The first kappa shape index (κ1) is 13.9. The molecule has 0 aromatic carbocycles. The third-order valence-corrected chi connectivity index (χ3v) is 4.67. The van der Waals surface area contributed by atoms with Gasteiger partial charge in [-0.25, -0.2) is 0 Å². The van der Waals surface area contributed by atoms with Gasteiger partial charge in [0.05, 0.1) is 7.11 Å². The van der Waals surface area contributed by atoms with Crippen molar-refractivity contribution in [3.8, 4) is 0 Å². The van der Waals surface area contributed by atoms with E-state index >= 15 is 0 Å². The summed E-state index contributed by atoms with van der Waals surface area (Å²) in [7, 11) is 1.52. The van der Waals surface area contributed by atoms with Gasteiger partial charge in [-0.15, -0.1) is 0 Å². The minimum absolute atomic E-state index is 0.0453. The molecule has 0 saturated heterocycles. The van der Waals surface area contributed by atoms with Crippen LogP contribution in [0.15, 0.2) is 0 Å². The summed E-state index contributed by atoms with van der Waals surface area (Å²) in [5.41, 5.74) is -0.386. The summed E-state index contributed by atoms with van der Waals surface area (Å²) in [5, 5.41) is 3.68. The molecule has 18 heavy (non-hydrogen) atoms. The van der Waals surface area contributed by atoms with E-state index in [2.05, 4.69) is 12.2 Å². The molecule has 2 aliphatic rings. The molecule has 0 aromatic heterocycles. The summed E-state index contributed by atoms with van der Waals surface area (Å²) in [5.74, 6) is 0.582. The SMILES string of the molecule is COC(=O)C1(NC2CCCCCC2)CCC(C)C1. The maximum Gasteiger partial charge on any atom is 0.326 e. The number of carbonyl (C=O) groups excluding carboxylic acids is 1. The summed E-state index contributed by atoms with van der Waals surface area (Å²) in [4.78, 5) is 12.2. The molecule has 0 aliphatic heterocycles. The molecule has 1 N–H and O–H groups in total. The van der Waals surface area contributed by atoms with Crippen LogP contribution in [0.2, 0.25) is 0 Å². The molecule has 2 aliphatic carbocycles. The van der Waals surface area contributed by atoms with Crippen LogP contribution in [0.3, 0.4) is 0 Å². The molecule has 2 atom stereocenters. The van der Waals surface area contributed by atoms with E-state index in [-0.39, 0.29) is 11.5 Å². The zero-order valence-electron chi connectivity index (χ0n) is 11.8. The Morgan fingerprint density at radius 3 is 2.33 bits per heavy atom. The maximum absolute atomic E-state index is 12.2.